The van der Waals surface area contributed by atoms with Crippen molar-refractivity contribution >= 4 is 17.5 Å². The summed E-state index contributed by atoms with van der Waals surface area (Å²) < 4.78 is 5.06. The first-order valence-electron chi connectivity index (χ1n) is 8.45. The van der Waals surface area contributed by atoms with Crippen molar-refractivity contribution in [1.82, 2.24) is 4.90 Å². The van der Waals surface area contributed by atoms with Crippen molar-refractivity contribution in [2.75, 3.05) is 11.9 Å². The van der Waals surface area contributed by atoms with Gasteiger partial charge in [0.15, 0.2) is 5.76 Å². The van der Waals surface area contributed by atoms with Crippen LogP contribution in [0.15, 0.2) is 47.1 Å². The van der Waals surface area contributed by atoms with Crippen LogP contribution >= 0.6 is 0 Å². The van der Waals surface area contributed by atoms with E-state index in [1.165, 1.54) is 12.7 Å². The molecule has 24 heavy (non-hydrogen) atoms. The number of carbonyl (C=O) groups excluding carboxylic acids is 2. The lowest BCUT2D eigenvalue weighted by Crippen LogP contribution is -2.43. The highest BCUT2D eigenvalue weighted by atomic mass is 16.3. The van der Waals surface area contributed by atoms with E-state index >= 15 is 0 Å². The molecule has 1 aromatic carbocycles. The molecule has 1 aliphatic rings. The van der Waals surface area contributed by atoms with Gasteiger partial charge in [0.05, 0.1) is 6.26 Å². The predicted molar refractivity (Wildman–Crippen MR) is 92.1 cm³/mol. The average Bonchev–Trinajstić information content (AvgIpc) is 3.16. The number of piperidine rings is 1. The number of nitrogens with zero attached hydrogens (tertiary/aromatic N) is 1. The molecule has 1 atom stereocenters. The Balaban J connectivity index is 1.67. The fraction of sp³-hybridized carbons (Fsp3) is 0.368. The first kappa shape index (κ1) is 16.3. The lowest BCUT2D eigenvalue weighted by Gasteiger charge is -2.35. The van der Waals surface area contributed by atoms with Gasteiger partial charge in [0.1, 0.15) is 0 Å². The van der Waals surface area contributed by atoms with Gasteiger partial charge >= 0.3 is 0 Å². The zero-order chi connectivity index (χ0) is 16.9. The van der Waals surface area contributed by atoms with Gasteiger partial charge in [-0.1, -0.05) is 6.92 Å². The van der Waals surface area contributed by atoms with E-state index in [0.717, 1.165) is 25.8 Å². The van der Waals surface area contributed by atoms with Gasteiger partial charge in [-0.3, -0.25) is 9.59 Å². The normalized spacial score (nSPS) is 17.5. The molecule has 0 bridgehead atoms. The van der Waals surface area contributed by atoms with Crippen molar-refractivity contribution in [1.29, 1.82) is 0 Å². The minimum absolute atomic E-state index is 0.0745. The maximum Gasteiger partial charge on any atom is 0.291 e. The molecule has 1 aliphatic heterocycles. The number of anilines is 1. The maximum atomic E-state index is 12.7. The molecule has 1 N–H and O–H groups in total. The van der Waals surface area contributed by atoms with Crippen LogP contribution in [0.4, 0.5) is 5.69 Å². The van der Waals surface area contributed by atoms with Crippen LogP contribution in [-0.4, -0.2) is 29.3 Å². The number of amides is 2. The summed E-state index contributed by atoms with van der Waals surface area (Å²) in [5.74, 6) is 0.0286. The molecule has 2 heterocycles. The van der Waals surface area contributed by atoms with Crippen LogP contribution in [0, 0.1) is 0 Å². The van der Waals surface area contributed by atoms with E-state index in [-0.39, 0.29) is 17.6 Å². The first-order valence-corrected chi connectivity index (χ1v) is 8.45. The zero-order valence-electron chi connectivity index (χ0n) is 13.8. The van der Waals surface area contributed by atoms with Crippen molar-refractivity contribution in [2.24, 2.45) is 0 Å². The highest BCUT2D eigenvalue weighted by Gasteiger charge is 2.26. The number of likely N-dealkylation sites (tertiary alicyclic amines) is 1. The third-order valence-corrected chi connectivity index (χ3v) is 4.49. The van der Waals surface area contributed by atoms with Gasteiger partial charge in [-0.2, -0.15) is 0 Å². The summed E-state index contributed by atoms with van der Waals surface area (Å²) in [6.45, 7) is 2.96. The molecule has 1 aromatic heterocycles. The van der Waals surface area contributed by atoms with Gasteiger partial charge in [0.2, 0.25) is 0 Å². The number of nitrogens with one attached hydrogen (secondary N) is 1. The van der Waals surface area contributed by atoms with Gasteiger partial charge < -0.3 is 14.6 Å². The Morgan fingerprint density at radius 1 is 1.21 bits per heavy atom. The number of furan rings is 1. The van der Waals surface area contributed by atoms with Gasteiger partial charge in [0.25, 0.3) is 11.8 Å². The largest absolute Gasteiger partial charge is 0.459 e. The van der Waals surface area contributed by atoms with E-state index in [1.54, 1.807) is 36.4 Å². The molecular formula is C19H22N2O3. The number of hydrogen-bond acceptors (Lipinski definition) is 3. The Hall–Kier alpha value is -2.56. The molecule has 126 valence electrons. The molecule has 0 radical (unpaired) electrons. The highest BCUT2D eigenvalue weighted by molar-refractivity contribution is 6.02. The summed E-state index contributed by atoms with van der Waals surface area (Å²) in [6, 6.07) is 10.6. The van der Waals surface area contributed by atoms with Gasteiger partial charge in [-0.05, 0) is 62.1 Å². The third kappa shape index (κ3) is 3.50. The second-order valence-corrected chi connectivity index (χ2v) is 6.07. The van der Waals surface area contributed by atoms with E-state index in [4.69, 9.17) is 4.42 Å². The Bertz CT molecular complexity index is 692. The molecule has 5 nitrogen and oxygen atoms in total. The molecular weight excluding hydrogens is 304 g/mol. The van der Waals surface area contributed by atoms with Gasteiger partial charge in [0, 0.05) is 23.8 Å². The average molecular weight is 326 g/mol. The molecule has 5 heteroatoms. The molecule has 2 amide bonds. The van der Waals surface area contributed by atoms with E-state index in [0.29, 0.717) is 17.3 Å². The van der Waals surface area contributed by atoms with E-state index < -0.39 is 0 Å². The molecule has 1 saturated heterocycles. The predicted octanol–water partition coefficient (Wildman–Crippen LogP) is 3.94. The topological polar surface area (TPSA) is 62.6 Å². The van der Waals surface area contributed by atoms with Crippen LogP contribution < -0.4 is 5.32 Å². The fourth-order valence-electron chi connectivity index (χ4n) is 3.15. The first-order chi connectivity index (χ1) is 11.7. The van der Waals surface area contributed by atoms with Crippen molar-refractivity contribution in [2.45, 2.75) is 38.6 Å². The zero-order valence-corrected chi connectivity index (χ0v) is 13.8. The third-order valence-electron chi connectivity index (χ3n) is 4.49. The summed E-state index contributed by atoms with van der Waals surface area (Å²) in [5, 5.41) is 2.75. The Morgan fingerprint density at radius 2 is 2.00 bits per heavy atom. The minimum Gasteiger partial charge on any atom is -0.459 e. The van der Waals surface area contributed by atoms with Crippen LogP contribution in [0.3, 0.4) is 0 Å². The Labute approximate surface area is 141 Å². The molecule has 1 unspecified atom stereocenters. The van der Waals surface area contributed by atoms with E-state index in [2.05, 4.69) is 12.2 Å². The fourth-order valence-corrected chi connectivity index (χ4v) is 3.15. The smallest absolute Gasteiger partial charge is 0.291 e. The molecule has 0 spiro atoms. The van der Waals surface area contributed by atoms with Crippen molar-refractivity contribution in [3.05, 3.63) is 54.0 Å². The second kappa shape index (κ2) is 7.34. The molecule has 3 rings (SSSR count). The van der Waals surface area contributed by atoms with Crippen LogP contribution in [0.1, 0.15) is 53.5 Å². The monoisotopic (exact) mass is 326 g/mol. The van der Waals surface area contributed by atoms with Crippen LogP contribution in [0.2, 0.25) is 0 Å². The lowest BCUT2D eigenvalue weighted by molar-refractivity contribution is 0.0608. The summed E-state index contributed by atoms with van der Waals surface area (Å²) >= 11 is 0. The number of hydrogen-bond donors (Lipinski definition) is 1. The number of carbonyl (C=O) groups is 2. The molecule has 0 saturated carbocycles. The highest BCUT2D eigenvalue weighted by Crippen LogP contribution is 2.22. The minimum atomic E-state index is -0.304. The van der Waals surface area contributed by atoms with Gasteiger partial charge in [-0.15, -0.1) is 0 Å². The number of rotatable bonds is 4. The van der Waals surface area contributed by atoms with Crippen molar-refractivity contribution < 1.29 is 14.0 Å². The standard InChI is InChI=1S/C19H22N2O3/c1-2-16-6-3-4-12-21(16)19(23)14-8-10-15(11-9-14)20-18(22)17-7-5-13-24-17/h5,7-11,13,16H,2-4,6,12H2,1H3,(H,20,22). The molecule has 2 aromatic rings. The lowest BCUT2D eigenvalue weighted by atomic mass is 9.99. The molecule has 1 fully saturated rings. The van der Waals surface area contributed by atoms with E-state index in [9.17, 15) is 9.59 Å². The summed E-state index contributed by atoms with van der Waals surface area (Å²) in [5.41, 5.74) is 1.30. The Kier molecular flexibility index (Phi) is 4.99. The summed E-state index contributed by atoms with van der Waals surface area (Å²) in [7, 11) is 0. The quantitative estimate of drug-likeness (QED) is 0.926. The van der Waals surface area contributed by atoms with Crippen molar-refractivity contribution in [3.63, 3.8) is 0 Å². The maximum absolute atomic E-state index is 12.7. The second-order valence-electron chi connectivity index (χ2n) is 6.07. The summed E-state index contributed by atoms with van der Waals surface area (Å²) in [4.78, 5) is 26.6. The van der Waals surface area contributed by atoms with Crippen molar-refractivity contribution in [3.8, 4) is 0 Å². The van der Waals surface area contributed by atoms with Crippen LogP contribution in [-0.2, 0) is 0 Å². The summed E-state index contributed by atoms with van der Waals surface area (Å²) in [6.07, 6.45) is 5.79. The molecule has 0 aliphatic carbocycles. The SMILES string of the molecule is CCC1CCCCN1C(=O)c1ccc(NC(=O)c2ccco2)cc1. The van der Waals surface area contributed by atoms with Crippen LogP contribution in [0.5, 0.6) is 0 Å². The Morgan fingerprint density at radius 3 is 2.67 bits per heavy atom. The van der Waals surface area contributed by atoms with E-state index in [1.807, 2.05) is 4.90 Å². The number of benzene rings is 1. The van der Waals surface area contributed by atoms with Crippen LogP contribution in [0.25, 0.3) is 0 Å². The van der Waals surface area contributed by atoms with Gasteiger partial charge in [-0.25, -0.2) is 0 Å².